The standard InChI is InChI=1S/C22H33N5O7S/c1-3-14(2)19(23)22(30)25-35(31,32)34-13-18-21(29)20(28)16(12-33-18)9-10-27-11-17(24-26-27)15-7-5-4-6-8-15/h4-8,11,14,16,18-21,28-29H,3,9-10,12-13,23H2,1-2H3,(H,25,30)/t14?,16-,18-,19+,20+,21-/m1/s1. The highest BCUT2D eigenvalue weighted by Crippen LogP contribution is 2.24. The van der Waals surface area contributed by atoms with Gasteiger partial charge in [0.2, 0.25) is 0 Å². The first-order valence-corrected chi connectivity index (χ1v) is 12.9. The number of carbonyl (C=O) groups excluding carboxylic acids is 1. The largest absolute Gasteiger partial charge is 0.390 e. The summed E-state index contributed by atoms with van der Waals surface area (Å²) in [5, 5.41) is 29.2. The highest BCUT2D eigenvalue weighted by molar-refractivity contribution is 7.85. The summed E-state index contributed by atoms with van der Waals surface area (Å²) in [6.07, 6.45) is -0.784. The van der Waals surface area contributed by atoms with Crippen LogP contribution >= 0.6 is 0 Å². The van der Waals surface area contributed by atoms with E-state index < -0.39 is 53.1 Å². The number of hydrogen-bond donors (Lipinski definition) is 4. The third-order valence-electron chi connectivity index (χ3n) is 6.25. The summed E-state index contributed by atoms with van der Waals surface area (Å²) < 4.78 is 38.0. The molecule has 1 aromatic carbocycles. The van der Waals surface area contributed by atoms with Crippen LogP contribution in [0.3, 0.4) is 0 Å². The maximum absolute atomic E-state index is 12.1. The molecule has 0 spiro atoms. The topological polar surface area (TPSA) is 179 Å². The number of nitrogens with two attached hydrogens (primary N) is 1. The van der Waals surface area contributed by atoms with Gasteiger partial charge in [0.05, 0.1) is 31.6 Å². The number of aromatic nitrogens is 3. The molecular formula is C22H33N5O7S. The van der Waals surface area contributed by atoms with Gasteiger partial charge in [0.1, 0.15) is 17.9 Å². The van der Waals surface area contributed by atoms with Crippen LogP contribution in [0.1, 0.15) is 26.7 Å². The molecule has 1 unspecified atom stereocenters. The molecular weight excluding hydrogens is 478 g/mol. The predicted molar refractivity (Wildman–Crippen MR) is 126 cm³/mol. The van der Waals surface area contributed by atoms with Crippen molar-refractivity contribution in [3.8, 4) is 11.3 Å². The average molecular weight is 512 g/mol. The van der Waals surface area contributed by atoms with Crippen LogP contribution in [0, 0.1) is 11.8 Å². The van der Waals surface area contributed by atoms with E-state index in [0.29, 0.717) is 19.4 Å². The lowest BCUT2D eigenvalue weighted by atomic mass is 9.90. The summed E-state index contributed by atoms with van der Waals surface area (Å²) in [5.41, 5.74) is 7.39. The number of rotatable bonds is 11. The minimum Gasteiger partial charge on any atom is -0.390 e. The molecule has 13 heteroatoms. The van der Waals surface area contributed by atoms with Crippen molar-refractivity contribution in [2.75, 3.05) is 13.2 Å². The number of nitrogens with one attached hydrogen (secondary N) is 1. The van der Waals surface area contributed by atoms with E-state index in [4.69, 9.17) is 14.7 Å². The van der Waals surface area contributed by atoms with Gasteiger partial charge in [0.15, 0.2) is 0 Å². The predicted octanol–water partition coefficient (Wildman–Crippen LogP) is -0.177. The highest BCUT2D eigenvalue weighted by Gasteiger charge is 2.39. The van der Waals surface area contributed by atoms with Crippen molar-refractivity contribution >= 4 is 16.2 Å². The first-order valence-electron chi connectivity index (χ1n) is 11.5. The number of hydrogen-bond acceptors (Lipinski definition) is 10. The zero-order valence-electron chi connectivity index (χ0n) is 19.7. The molecule has 194 valence electrons. The van der Waals surface area contributed by atoms with E-state index in [2.05, 4.69) is 10.3 Å². The molecule has 3 rings (SSSR count). The lowest BCUT2D eigenvalue weighted by Gasteiger charge is -2.37. The number of nitrogens with zero attached hydrogens (tertiary/aromatic N) is 3. The minimum absolute atomic E-state index is 0.0811. The van der Waals surface area contributed by atoms with E-state index in [1.807, 2.05) is 37.3 Å². The number of benzene rings is 1. The molecule has 1 fully saturated rings. The Morgan fingerprint density at radius 2 is 2.03 bits per heavy atom. The van der Waals surface area contributed by atoms with Gasteiger partial charge in [-0.25, -0.2) is 4.72 Å². The number of carbonyl (C=O) groups is 1. The average Bonchev–Trinajstić information content (AvgIpc) is 3.32. The molecule has 0 saturated carbocycles. The maximum Gasteiger partial charge on any atom is 0.362 e. The molecule has 1 aliphatic heterocycles. The molecule has 0 bridgehead atoms. The van der Waals surface area contributed by atoms with Crippen LogP contribution in [0.15, 0.2) is 36.5 Å². The molecule has 1 aromatic heterocycles. The molecule has 2 heterocycles. The van der Waals surface area contributed by atoms with Gasteiger partial charge in [-0.2, -0.15) is 8.42 Å². The fourth-order valence-electron chi connectivity index (χ4n) is 3.68. The fraction of sp³-hybridized carbons (Fsp3) is 0.591. The molecule has 1 saturated heterocycles. The minimum atomic E-state index is -4.46. The summed E-state index contributed by atoms with van der Waals surface area (Å²) in [4.78, 5) is 12.0. The molecule has 0 aliphatic carbocycles. The van der Waals surface area contributed by atoms with Gasteiger partial charge in [-0.05, 0) is 12.3 Å². The quantitative estimate of drug-likeness (QED) is 0.316. The van der Waals surface area contributed by atoms with Crippen molar-refractivity contribution < 1.29 is 32.3 Å². The Morgan fingerprint density at radius 1 is 1.31 bits per heavy atom. The van der Waals surface area contributed by atoms with E-state index >= 15 is 0 Å². The molecule has 0 radical (unpaired) electrons. The normalized spacial score (nSPS) is 24.6. The molecule has 5 N–H and O–H groups in total. The first-order chi connectivity index (χ1) is 16.6. The molecule has 12 nitrogen and oxygen atoms in total. The lowest BCUT2D eigenvalue weighted by molar-refractivity contribution is -0.173. The summed E-state index contributed by atoms with van der Waals surface area (Å²) >= 11 is 0. The van der Waals surface area contributed by atoms with Gasteiger partial charge in [-0.1, -0.05) is 55.8 Å². The number of aliphatic hydroxyl groups is 2. The number of aryl methyl sites for hydroxylation is 1. The Kier molecular flexibility index (Phi) is 9.33. The third-order valence-corrected chi connectivity index (χ3v) is 7.15. The van der Waals surface area contributed by atoms with Crippen LogP contribution in [0.5, 0.6) is 0 Å². The fourth-order valence-corrected chi connectivity index (χ4v) is 4.44. The lowest BCUT2D eigenvalue weighted by Crippen LogP contribution is -2.53. The number of ether oxygens (including phenoxy) is 1. The summed E-state index contributed by atoms with van der Waals surface area (Å²) in [6.45, 7) is 3.51. The Balaban J connectivity index is 1.47. The van der Waals surface area contributed by atoms with Crippen LogP contribution in [0.2, 0.25) is 0 Å². The van der Waals surface area contributed by atoms with Gasteiger partial charge < -0.3 is 20.7 Å². The van der Waals surface area contributed by atoms with Crippen LogP contribution in [-0.2, 0) is 30.6 Å². The van der Waals surface area contributed by atoms with Crippen LogP contribution in [0.25, 0.3) is 11.3 Å². The Morgan fingerprint density at radius 3 is 2.71 bits per heavy atom. The Hall–Kier alpha value is -2.42. The van der Waals surface area contributed by atoms with Crippen molar-refractivity contribution in [3.05, 3.63) is 36.5 Å². The van der Waals surface area contributed by atoms with Gasteiger partial charge in [0.25, 0.3) is 5.91 Å². The molecule has 35 heavy (non-hydrogen) atoms. The van der Waals surface area contributed by atoms with Crippen molar-refractivity contribution in [1.82, 2.24) is 19.7 Å². The molecule has 6 atom stereocenters. The van der Waals surface area contributed by atoms with E-state index in [1.54, 1.807) is 22.5 Å². The molecule has 2 aromatic rings. The summed E-state index contributed by atoms with van der Waals surface area (Å²) in [7, 11) is -4.46. The van der Waals surface area contributed by atoms with Crippen molar-refractivity contribution in [2.45, 2.75) is 57.6 Å². The van der Waals surface area contributed by atoms with Crippen LogP contribution < -0.4 is 10.5 Å². The summed E-state index contributed by atoms with van der Waals surface area (Å²) in [5.74, 6) is -1.51. The second-order valence-electron chi connectivity index (χ2n) is 8.75. The van der Waals surface area contributed by atoms with E-state index in [0.717, 1.165) is 11.3 Å². The third kappa shape index (κ3) is 7.29. The van der Waals surface area contributed by atoms with Crippen molar-refractivity contribution in [1.29, 1.82) is 0 Å². The second kappa shape index (κ2) is 12.0. The molecule has 1 aliphatic rings. The Labute approximate surface area is 204 Å². The molecule has 1 amide bonds. The first kappa shape index (κ1) is 27.2. The SMILES string of the molecule is CCC(C)[C@H](N)C(=O)NS(=O)(=O)OC[C@H]1OC[C@@H](CCn2cc(-c3ccccc3)nn2)[C@H](O)[C@@H]1O. The summed E-state index contributed by atoms with van der Waals surface area (Å²) in [6, 6.07) is 8.58. The maximum atomic E-state index is 12.1. The van der Waals surface area contributed by atoms with Crippen molar-refractivity contribution in [3.63, 3.8) is 0 Å². The van der Waals surface area contributed by atoms with E-state index in [9.17, 15) is 23.4 Å². The van der Waals surface area contributed by atoms with Gasteiger partial charge in [-0.15, -0.1) is 5.10 Å². The van der Waals surface area contributed by atoms with Crippen LogP contribution in [0.4, 0.5) is 0 Å². The smallest absolute Gasteiger partial charge is 0.362 e. The Bertz CT molecular complexity index is 1070. The van der Waals surface area contributed by atoms with Gasteiger partial charge >= 0.3 is 10.3 Å². The van der Waals surface area contributed by atoms with Crippen LogP contribution in [-0.4, -0.2) is 77.1 Å². The van der Waals surface area contributed by atoms with Gasteiger partial charge in [0, 0.05) is 18.0 Å². The van der Waals surface area contributed by atoms with E-state index in [1.165, 1.54) is 0 Å². The zero-order valence-corrected chi connectivity index (χ0v) is 20.5. The number of amides is 1. The van der Waals surface area contributed by atoms with Crippen molar-refractivity contribution in [2.24, 2.45) is 17.6 Å². The van der Waals surface area contributed by atoms with E-state index in [-0.39, 0.29) is 12.5 Å². The van der Waals surface area contributed by atoms with Gasteiger partial charge in [-0.3, -0.25) is 13.7 Å². The highest BCUT2D eigenvalue weighted by atomic mass is 32.2. The monoisotopic (exact) mass is 511 g/mol. The second-order valence-corrected chi connectivity index (χ2v) is 10.1. The zero-order chi connectivity index (χ0) is 25.6. The number of aliphatic hydroxyl groups excluding tert-OH is 2.